The van der Waals surface area contributed by atoms with Crippen LogP contribution in [0.25, 0.3) is 0 Å². The number of anilines is 3. The van der Waals surface area contributed by atoms with Crippen molar-refractivity contribution in [2.45, 2.75) is 178 Å². The monoisotopic (exact) mass is 1280 g/mol. The molecule has 25 heteroatoms. The molecule has 4 bridgehead atoms. The van der Waals surface area contributed by atoms with Crippen LogP contribution in [-0.4, -0.2) is 99.3 Å². The first-order valence-electron chi connectivity index (χ1n) is 29.2. The Bertz CT molecular complexity index is 3780. The van der Waals surface area contributed by atoms with Gasteiger partial charge in [0, 0.05) is 58.8 Å². The third-order valence-electron chi connectivity index (χ3n) is 15.6. The molecule has 3 aliphatic rings. The minimum Gasteiger partial charge on any atom is -0.444 e. The fraction of sp³-hybridized carbons (Fsp3) is 0.476. The van der Waals surface area contributed by atoms with E-state index in [4.69, 9.17) is 32.9 Å². The van der Waals surface area contributed by atoms with Crippen molar-refractivity contribution in [3.63, 3.8) is 0 Å². The van der Waals surface area contributed by atoms with Gasteiger partial charge in [-0.3, -0.25) is 19.6 Å². The van der Waals surface area contributed by atoms with E-state index in [1.165, 1.54) is 36.5 Å². The molecule has 0 saturated carbocycles. The summed E-state index contributed by atoms with van der Waals surface area (Å²) in [6.07, 6.45) is 7.35. The Labute approximate surface area is 526 Å². The standard InChI is InChI=1S/C34H44ClFN6O5S.C29H35ClN6O3S/c1-32(2,3)26-17-14-23(29(36)39-26)30(43)41-48(45,46)28-11-9-10-27(40-28)38-25(24-16-13-22(35)19-37-24)15-12-21-18-34(7,8)42(20-21)31(44)47-33(4,5)6;1-28(2,3)23-14-11-20-26(33-23)36-17-18(15-29(36,4)5)9-12-22(21-13-10-19(30)16-31-21)32-24-7-6-8-25(34-24)40(38,39)35-27(20)37/h9-11,13-14,16-17,19,21,25H,12,15,18,20H2,1-8H3,(H,38,40)(H,41,43);6-8,10-11,13-14,16,18,22H,9,12,15,17H2,1-5H3,(H,32,34)(H,35,37)/t21-,25?;18-,22?/m00/s1. The van der Waals surface area contributed by atoms with Gasteiger partial charge in [-0.25, -0.2) is 34.2 Å². The van der Waals surface area contributed by atoms with Gasteiger partial charge in [-0.05, 0) is 172 Å². The molecule has 6 aromatic heterocycles. The second-order valence-corrected chi connectivity index (χ2v) is 31.1. The Kier molecular flexibility index (Phi) is 19.6. The zero-order valence-electron chi connectivity index (χ0n) is 52.0. The van der Waals surface area contributed by atoms with Gasteiger partial charge in [0.1, 0.15) is 23.1 Å². The average Bonchev–Trinajstić information content (AvgIpc) is 1.82. The van der Waals surface area contributed by atoms with Gasteiger partial charge in [0.05, 0.1) is 44.6 Å². The van der Waals surface area contributed by atoms with Gasteiger partial charge < -0.3 is 25.2 Å². The summed E-state index contributed by atoms with van der Waals surface area (Å²) in [5.41, 5.74) is 0.381. The van der Waals surface area contributed by atoms with Crippen molar-refractivity contribution < 1.29 is 40.3 Å². The third-order valence-corrected chi connectivity index (χ3v) is 18.5. The van der Waals surface area contributed by atoms with Crippen LogP contribution in [0.4, 0.5) is 26.6 Å². The molecular weight excluding hydrogens is 1210 g/mol. The summed E-state index contributed by atoms with van der Waals surface area (Å²) in [4.78, 5) is 69.7. The van der Waals surface area contributed by atoms with E-state index in [1.807, 2.05) is 66.2 Å². The van der Waals surface area contributed by atoms with Crippen LogP contribution in [-0.2, 0) is 35.6 Å². The lowest BCUT2D eigenvalue weighted by atomic mass is 9.90. The fourth-order valence-electron chi connectivity index (χ4n) is 11.1. The summed E-state index contributed by atoms with van der Waals surface area (Å²) in [5, 5.41) is 6.96. The number of amides is 3. The van der Waals surface area contributed by atoms with Crippen LogP contribution in [0.2, 0.25) is 10.0 Å². The number of nitrogens with one attached hydrogen (secondary N) is 4. The van der Waals surface area contributed by atoms with Gasteiger partial charge in [-0.15, -0.1) is 0 Å². The Morgan fingerprint density at radius 3 is 2.08 bits per heavy atom. The van der Waals surface area contributed by atoms with Crippen LogP contribution >= 0.6 is 23.2 Å². The van der Waals surface area contributed by atoms with Crippen LogP contribution in [0.5, 0.6) is 0 Å². The van der Waals surface area contributed by atoms with Gasteiger partial charge in [0.15, 0.2) is 10.1 Å². The molecule has 9 rings (SSSR count). The predicted molar refractivity (Wildman–Crippen MR) is 338 cm³/mol. The molecule has 472 valence electrons. The number of carbonyl (C=O) groups is 3. The summed E-state index contributed by atoms with van der Waals surface area (Å²) in [6, 6.07) is 21.7. The van der Waals surface area contributed by atoms with E-state index in [-0.39, 0.29) is 45.4 Å². The van der Waals surface area contributed by atoms with Crippen molar-refractivity contribution in [2.24, 2.45) is 11.8 Å². The van der Waals surface area contributed by atoms with E-state index < -0.39 is 71.0 Å². The van der Waals surface area contributed by atoms with Gasteiger partial charge in [0.2, 0.25) is 5.95 Å². The number of aromatic nitrogens is 6. The Morgan fingerprint density at radius 1 is 0.784 bits per heavy atom. The first kappa shape index (κ1) is 66.9. The van der Waals surface area contributed by atoms with Crippen LogP contribution in [0.15, 0.2) is 107 Å². The Morgan fingerprint density at radius 2 is 1.44 bits per heavy atom. The van der Waals surface area contributed by atoms with Gasteiger partial charge in [0.25, 0.3) is 31.9 Å². The lowest BCUT2D eigenvalue weighted by Crippen LogP contribution is -2.45. The molecule has 9 heterocycles. The molecule has 0 spiro atoms. The fourth-order valence-corrected chi connectivity index (χ4v) is 13.2. The normalized spacial score (nSPS) is 19.5. The molecular formula is C63H79Cl2FN12O8S2. The number of hydrogen-bond acceptors (Lipinski definition) is 17. The smallest absolute Gasteiger partial charge is 0.410 e. The number of pyridine rings is 6. The van der Waals surface area contributed by atoms with Crippen molar-refractivity contribution in [1.29, 1.82) is 0 Å². The first-order valence-corrected chi connectivity index (χ1v) is 32.9. The minimum atomic E-state index is -4.48. The van der Waals surface area contributed by atoms with E-state index in [0.717, 1.165) is 37.1 Å². The molecule has 3 aliphatic heterocycles. The zero-order valence-corrected chi connectivity index (χ0v) is 55.1. The number of nitrogens with zero attached hydrogens (tertiary/aromatic N) is 8. The molecule has 0 radical (unpaired) electrons. The van der Waals surface area contributed by atoms with Crippen molar-refractivity contribution in [1.82, 2.24) is 44.2 Å². The van der Waals surface area contributed by atoms with E-state index in [0.29, 0.717) is 64.9 Å². The van der Waals surface area contributed by atoms with Crippen LogP contribution in [0.3, 0.4) is 0 Å². The highest BCUT2D eigenvalue weighted by Gasteiger charge is 2.44. The summed E-state index contributed by atoms with van der Waals surface area (Å²) >= 11 is 12.2. The number of sulfonamides is 2. The Balaban J connectivity index is 0.000000231. The molecule has 20 nitrogen and oxygen atoms in total. The van der Waals surface area contributed by atoms with E-state index >= 15 is 0 Å². The summed E-state index contributed by atoms with van der Waals surface area (Å²) in [7, 11) is -8.75. The maximum Gasteiger partial charge on any atom is 0.410 e. The lowest BCUT2D eigenvalue weighted by molar-refractivity contribution is 0.0130. The molecule has 4 N–H and O–H groups in total. The molecule has 4 atom stereocenters. The van der Waals surface area contributed by atoms with Crippen molar-refractivity contribution in [3.05, 3.63) is 147 Å². The molecule has 2 saturated heterocycles. The number of rotatable bonds is 10. The second-order valence-electron chi connectivity index (χ2n) is 27.0. The van der Waals surface area contributed by atoms with E-state index in [9.17, 15) is 35.6 Å². The van der Waals surface area contributed by atoms with Crippen LogP contribution in [0, 0.1) is 17.8 Å². The maximum atomic E-state index is 14.7. The zero-order chi connectivity index (χ0) is 64.5. The lowest BCUT2D eigenvalue weighted by Gasteiger charge is -2.34. The van der Waals surface area contributed by atoms with Crippen molar-refractivity contribution in [3.8, 4) is 0 Å². The highest BCUT2D eigenvalue weighted by atomic mass is 35.5. The molecule has 2 unspecified atom stereocenters. The topological polar surface area (TPSA) is 261 Å². The number of hydrogen-bond donors (Lipinski definition) is 4. The largest absolute Gasteiger partial charge is 0.444 e. The highest BCUT2D eigenvalue weighted by molar-refractivity contribution is 7.90. The van der Waals surface area contributed by atoms with E-state index in [1.54, 1.807) is 59.6 Å². The minimum absolute atomic E-state index is 0.173. The maximum absolute atomic E-state index is 14.7. The average molecular weight is 1290 g/mol. The summed E-state index contributed by atoms with van der Waals surface area (Å²) in [5.74, 6) is -1.39. The van der Waals surface area contributed by atoms with Crippen molar-refractivity contribution >= 4 is 78.6 Å². The van der Waals surface area contributed by atoms with Crippen LogP contribution in [0.1, 0.15) is 184 Å². The highest BCUT2D eigenvalue weighted by Crippen LogP contribution is 2.42. The summed E-state index contributed by atoms with van der Waals surface area (Å²) in [6.45, 7) is 26.8. The molecule has 0 aromatic carbocycles. The predicted octanol–water partition coefficient (Wildman–Crippen LogP) is 12.5. The first-order chi connectivity index (χ1) is 40.9. The molecule has 6 aromatic rings. The van der Waals surface area contributed by atoms with Crippen molar-refractivity contribution in [2.75, 3.05) is 28.6 Å². The second kappa shape index (κ2) is 25.8. The number of ether oxygens (including phenoxy) is 1. The summed E-state index contributed by atoms with van der Waals surface area (Å²) < 4.78 is 77.6. The molecule has 88 heavy (non-hydrogen) atoms. The SMILES string of the molecule is CC(C)(C)OC(=O)N1C[C@@H](CCC(Nc2cccc(S(=O)(=O)NC(=O)c3ccc(C(C)(C)C)nc3F)n2)c2ccc(Cl)cn2)CC1(C)C.CC(C)(C)c1ccc2c(n1)N1C[C@@H](CCC(c3ccc(Cl)cn3)Nc3cccc(n3)S(=O)(=O)NC2=O)CC1(C)C. The van der Waals surface area contributed by atoms with Gasteiger partial charge in [-0.2, -0.15) is 21.2 Å². The van der Waals surface area contributed by atoms with Gasteiger partial charge >= 0.3 is 6.09 Å². The van der Waals surface area contributed by atoms with Gasteiger partial charge in [-0.1, -0.05) is 76.9 Å². The number of likely N-dealkylation sites (tertiary alicyclic amines) is 1. The number of carbonyl (C=O) groups excluding carboxylic acids is 3. The number of halogens is 3. The number of fused-ring (bicyclic) bond motifs is 6. The molecule has 0 aliphatic carbocycles. The van der Waals surface area contributed by atoms with Crippen LogP contribution < -0.4 is 25.0 Å². The molecule has 2 fully saturated rings. The quantitative estimate of drug-likeness (QED) is 0.0929. The van der Waals surface area contributed by atoms with E-state index in [2.05, 4.69) is 79.8 Å². The Hall–Kier alpha value is -7.08. The molecule has 3 amide bonds. The third kappa shape index (κ3) is 16.6.